The molecular formula is C13H11Cl2N3O3. The zero-order valence-electron chi connectivity index (χ0n) is 10.7. The molecule has 6 nitrogen and oxygen atoms in total. The van der Waals surface area contributed by atoms with E-state index in [4.69, 9.17) is 33.8 Å². The Morgan fingerprint density at radius 2 is 1.86 bits per heavy atom. The highest BCUT2D eigenvalue weighted by atomic mass is 35.5. The van der Waals surface area contributed by atoms with E-state index >= 15 is 0 Å². The van der Waals surface area contributed by atoms with E-state index in [1.165, 1.54) is 12.1 Å². The molecule has 0 saturated carbocycles. The standard InChI is InChI=1S/C13H11Cl2N3O3/c14-9-4-10(15)6-11(5-9)21-7-8-1-2-12(17-16)13(3-8)18(19)20/h1-6,17H,7,16H2. The Morgan fingerprint density at radius 1 is 1.19 bits per heavy atom. The maximum absolute atomic E-state index is 10.9. The number of hydrogen-bond donors (Lipinski definition) is 2. The molecule has 3 N–H and O–H groups in total. The van der Waals surface area contributed by atoms with E-state index in [2.05, 4.69) is 5.43 Å². The molecular weight excluding hydrogens is 317 g/mol. The number of anilines is 1. The minimum atomic E-state index is -0.519. The number of halogens is 2. The number of nitrogens with zero attached hydrogens (tertiary/aromatic N) is 1. The van der Waals surface area contributed by atoms with Gasteiger partial charge < -0.3 is 10.2 Å². The summed E-state index contributed by atoms with van der Waals surface area (Å²) in [7, 11) is 0. The number of nitro groups is 1. The molecule has 0 aliphatic rings. The zero-order valence-corrected chi connectivity index (χ0v) is 12.2. The number of nitrogens with one attached hydrogen (secondary N) is 1. The molecule has 0 aromatic heterocycles. The zero-order chi connectivity index (χ0) is 15.4. The molecule has 21 heavy (non-hydrogen) atoms. The first-order valence-electron chi connectivity index (χ1n) is 5.82. The molecule has 0 radical (unpaired) electrons. The maximum atomic E-state index is 10.9. The van der Waals surface area contributed by atoms with Crippen LogP contribution in [0.1, 0.15) is 5.56 Å². The summed E-state index contributed by atoms with van der Waals surface area (Å²) < 4.78 is 5.52. The molecule has 0 atom stereocenters. The van der Waals surface area contributed by atoms with Crippen molar-refractivity contribution in [1.29, 1.82) is 0 Å². The van der Waals surface area contributed by atoms with E-state index < -0.39 is 4.92 Å². The second kappa shape index (κ2) is 6.62. The monoisotopic (exact) mass is 327 g/mol. The summed E-state index contributed by atoms with van der Waals surface area (Å²) >= 11 is 11.7. The van der Waals surface area contributed by atoms with Gasteiger partial charge in [-0.3, -0.25) is 16.0 Å². The van der Waals surface area contributed by atoms with E-state index in [0.29, 0.717) is 21.4 Å². The van der Waals surface area contributed by atoms with Gasteiger partial charge in [-0.05, 0) is 29.8 Å². The van der Waals surface area contributed by atoms with Crippen molar-refractivity contribution in [1.82, 2.24) is 0 Å². The van der Waals surface area contributed by atoms with Crippen LogP contribution in [0.25, 0.3) is 0 Å². The molecule has 2 rings (SSSR count). The summed E-state index contributed by atoms with van der Waals surface area (Å²) in [5.41, 5.74) is 3.01. The molecule has 0 unspecified atom stereocenters. The predicted octanol–water partition coefficient (Wildman–Crippen LogP) is 3.77. The van der Waals surface area contributed by atoms with Gasteiger partial charge in [0.2, 0.25) is 0 Å². The SMILES string of the molecule is NNc1ccc(COc2cc(Cl)cc(Cl)c2)cc1[N+](=O)[O-]. The summed E-state index contributed by atoms with van der Waals surface area (Å²) in [6.45, 7) is 0.141. The van der Waals surface area contributed by atoms with Gasteiger partial charge in [0.15, 0.2) is 0 Å². The Kier molecular flexibility index (Phi) is 4.85. The molecule has 0 amide bonds. The molecule has 2 aromatic rings. The number of rotatable bonds is 5. The largest absolute Gasteiger partial charge is 0.489 e. The van der Waals surface area contributed by atoms with Gasteiger partial charge in [0.25, 0.3) is 5.69 Å². The lowest BCUT2D eigenvalue weighted by atomic mass is 10.2. The summed E-state index contributed by atoms with van der Waals surface area (Å²) in [5, 5.41) is 11.8. The molecule has 2 aromatic carbocycles. The fourth-order valence-corrected chi connectivity index (χ4v) is 2.22. The van der Waals surface area contributed by atoms with Crippen LogP contribution in [0.5, 0.6) is 5.75 Å². The quantitative estimate of drug-likeness (QED) is 0.495. The third-order valence-corrected chi connectivity index (χ3v) is 3.09. The first kappa shape index (κ1) is 15.4. The van der Waals surface area contributed by atoms with Crippen LogP contribution in [0, 0.1) is 10.1 Å². The van der Waals surface area contributed by atoms with Crippen LogP contribution < -0.4 is 16.0 Å². The number of hydrazine groups is 1. The second-order valence-corrected chi connectivity index (χ2v) is 5.02. The molecule has 110 valence electrons. The number of nitrogens with two attached hydrogens (primary N) is 1. The van der Waals surface area contributed by atoms with Gasteiger partial charge in [0.05, 0.1) is 4.92 Å². The molecule has 0 bridgehead atoms. The molecule has 0 spiro atoms. The minimum absolute atomic E-state index is 0.122. The average Bonchev–Trinajstić information content (AvgIpc) is 2.43. The topological polar surface area (TPSA) is 90.4 Å². The third kappa shape index (κ3) is 3.98. The second-order valence-electron chi connectivity index (χ2n) is 4.15. The summed E-state index contributed by atoms with van der Waals surface area (Å²) in [5.74, 6) is 5.70. The van der Waals surface area contributed by atoms with Crippen LogP contribution in [-0.2, 0) is 6.61 Å². The van der Waals surface area contributed by atoms with Crippen LogP contribution >= 0.6 is 23.2 Å². The fraction of sp³-hybridized carbons (Fsp3) is 0.0769. The van der Waals surface area contributed by atoms with Gasteiger partial charge >= 0.3 is 0 Å². The maximum Gasteiger partial charge on any atom is 0.294 e. The van der Waals surface area contributed by atoms with Crippen molar-refractivity contribution in [2.75, 3.05) is 5.43 Å². The van der Waals surface area contributed by atoms with Crippen LogP contribution in [0.3, 0.4) is 0 Å². The molecule has 0 aliphatic heterocycles. The predicted molar refractivity (Wildman–Crippen MR) is 81.7 cm³/mol. The number of ether oxygens (including phenoxy) is 1. The van der Waals surface area contributed by atoms with Gasteiger partial charge in [0, 0.05) is 16.1 Å². The number of nitrogen functional groups attached to an aromatic ring is 1. The highest BCUT2D eigenvalue weighted by Gasteiger charge is 2.14. The van der Waals surface area contributed by atoms with E-state index in [-0.39, 0.29) is 18.0 Å². The smallest absolute Gasteiger partial charge is 0.294 e. The Balaban J connectivity index is 2.16. The first-order chi connectivity index (χ1) is 9.99. The third-order valence-electron chi connectivity index (χ3n) is 2.66. The van der Waals surface area contributed by atoms with Crippen LogP contribution in [0.15, 0.2) is 36.4 Å². The summed E-state index contributed by atoms with van der Waals surface area (Å²) in [6, 6.07) is 9.38. The lowest BCUT2D eigenvalue weighted by Crippen LogP contribution is -2.09. The molecule has 8 heteroatoms. The van der Waals surface area contributed by atoms with Gasteiger partial charge in [-0.25, -0.2) is 0 Å². The van der Waals surface area contributed by atoms with Gasteiger partial charge in [-0.15, -0.1) is 0 Å². The van der Waals surface area contributed by atoms with Crippen molar-refractivity contribution in [2.45, 2.75) is 6.61 Å². The van der Waals surface area contributed by atoms with Crippen molar-refractivity contribution in [3.05, 3.63) is 62.1 Å². The Labute approximate surface area is 130 Å². The van der Waals surface area contributed by atoms with Gasteiger partial charge in [-0.1, -0.05) is 29.3 Å². The number of nitro benzene ring substituents is 1. The summed E-state index contributed by atoms with van der Waals surface area (Å²) in [6.07, 6.45) is 0. The Bertz CT molecular complexity index is 659. The van der Waals surface area contributed by atoms with E-state index in [9.17, 15) is 10.1 Å². The van der Waals surface area contributed by atoms with Crippen molar-refractivity contribution in [3.8, 4) is 5.75 Å². The van der Waals surface area contributed by atoms with Crippen molar-refractivity contribution >= 4 is 34.6 Å². The van der Waals surface area contributed by atoms with E-state index in [1.807, 2.05) is 0 Å². The number of benzene rings is 2. The lowest BCUT2D eigenvalue weighted by molar-refractivity contribution is -0.384. The van der Waals surface area contributed by atoms with Crippen LogP contribution in [-0.4, -0.2) is 4.92 Å². The molecule has 0 aliphatic carbocycles. The fourth-order valence-electron chi connectivity index (χ4n) is 1.72. The van der Waals surface area contributed by atoms with Crippen LogP contribution in [0.2, 0.25) is 10.0 Å². The molecule has 0 heterocycles. The van der Waals surface area contributed by atoms with Gasteiger partial charge in [-0.2, -0.15) is 0 Å². The Morgan fingerprint density at radius 3 is 2.43 bits per heavy atom. The van der Waals surface area contributed by atoms with E-state index in [1.54, 1.807) is 24.3 Å². The summed E-state index contributed by atoms with van der Waals surface area (Å²) in [4.78, 5) is 10.4. The van der Waals surface area contributed by atoms with Crippen molar-refractivity contribution in [3.63, 3.8) is 0 Å². The molecule has 0 fully saturated rings. The van der Waals surface area contributed by atoms with Gasteiger partial charge in [0.1, 0.15) is 18.0 Å². The van der Waals surface area contributed by atoms with Crippen molar-refractivity contribution < 1.29 is 9.66 Å². The highest BCUT2D eigenvalue weighted by molar-refractivity contribution is 6.34. The first-order valence-corrected chi connectivity index (χ1v) is 6.58. The Hall–Kier alpha value is -2.02. The minimum Gasteiger partial charge on any atom is -0.489 e. The molecule has 0 saturated heterocycles. The van der Waals surface area contributed by atoms with Crippen molar-refractivity contribution in [2.24, 2.45) is 5.84 Å². The average molecular weight is 328 g/mol. The van der Waals surface area contributed by atoms with Crippen LogP contribution in [0.4, 0.5) is 11.4 Å². The number of hydrogen-bond acceptors (Lipinski definition) is 5. The lowest BCUT2D eigenvalue weighted by Gasteiger charge is -2.08. The normalized spacial score (nSPS) is 10.2. The van der Waals surface area contributed by atoms with E-state index in [0.717, 1.165) is 0 Å². The highest BCUT2D eigenvalue weighted by Crippen LogP contribution is 2.27.